The molecule has 1 saturated carbocycles. The van der Waals surface area contributed by atoms with Gasteiger partial charge in [-0.15, -0.1) is 0 Å². The number of piperazine rings is 1. The molecule has 5 heteroatoms. The summed E-state index contributed by atoms with van der Waals surface area (Å²) in [4.78, 5) is 16.0. The van der Waals surface area contributed by atoms with Gasteiger partial charge in [-0.2, -0.15) is 0 Å². The predicted molar refractivity (Wildman–Crippen MR) is 98.9 cm³/mol. The minimum absolute atomic E-state index is 0.225. The predicted octanol–water partition coefficient (Wildman–Crippen LogP) is 1.88. The van der Waals surface area contributed by atoms with Crippen LogP contribution in [0.15, 0.2) is 24.3 Å². The van der Waals surface area contributed by atoms with Crippen molar-refractivity contribution < 1.29 is 9.69 Å². The molecule has 1 saturated heterocycles. The molecule has 2 N–H and O–H groups in total. The maximum Gasteiger partial charge on any atom is 0.275 e. The number of nitrogens with one attached hydrogen (secondary N) is 2. The fraction of sp³-hybridized carbons (Fsp3) is 0.632. The molecule has 1 aliphatic heterocycles. The normalized spacial score (nSPS) is 20.6. The Kier molecular flexibility index (Phi) is 6.38. The summed E-state index contributed by atoms with van der Waals surface area (Å²) < 4.78 is 0. The quantitative estimate of drug-likeness (QED) is 0.814. The molecule has 3 rings (SSSR count). The Morgan fingerprint density at radius 3 is 2.46 bits per heavy atom. The Balaban J connectivity index is 1.43. The molecule has 4 nitrogen and oxygen atoms in total. The van der Waals surface area contributed by atoms with Crippen LogP contribution in [-0.2, 0) is 4.79 Å². The highest BCUT2D eigenvalue weighted by Gasteiger charge is 2.24. The molecular formula is C19H29ClN3O+. The van der Waals surface area contributed by atoms with Gasteiger partial charge in [-0.05, 0) is 25.0 Å². The van der Waals surface area contributed by atoms with Crippen LogP contribution in [0, 0.1) is 0 Å². The van der Waals surface area contributed by atoms with Gasteiger partial charge in [-0.25, -0.2) is 0 Å². The van der Waals surface area contributed by atoms with Gasteiger partial charge in [0, 0.05) is 6.04 Å². The standard InChI is InChI=1S/C19H28ClN3O/c20-17-9-5-6-10-18(17)23-13-11-22(12-14-23)15-19(24)21-16-7-3-1-2-4-8-16/h5-6,9-10,16H,1-4,7-8,11-15H2,(H,21,24)/p+1. The summed E-state index contributed by atoms with van der Waals surface area (Å²) in [5.41, 5.74) is 1.11. The monoisotopic (exact) mass is 350 g/mol. The average molecular weight is 351 g/mol. The van der Waals surface area contributed by atoms with Gasteiger partial charge in [0.2, 0.25) is 0 Å². The van der Waals surface area contributed by atoms with Crippen LogP contribution in [0.3, 0.4) is 0 Å². The van der Waals surface area contributed by atoms with Crippen molar-refractivity contribution in [1.29, 1.82) is 0 Å². The molecule has 24 heavy (non-hydrogen) atoms. The van der Waals surface area contributed by atoms with Crippen molar-refractivity contribution in [1.82, 2.24) is 5.32 Å². The van der Waals surface area contributed by atoms with Crippen LogP contribution >= 0.6 is 11.6 Å². The molecule has 1 aromatic carbocycles. The number of amides is 1. The number of para-hydroxylation sites is 1. The first-order valence-electron chi connectivity index (χ1n) is 9.35. The molecule has 0 radical (unpaired) electrons. The number of nitrogens with zero attached hydrogens (tertiary/aromatic N) is 1. The summed E-state index contributed by atoms with van der Waals surface area (Å²) in [6.45, 7) is 4.49. The van der Waals surface area contributed by atoms with Gasteiger partial charge in [0.1, 0.15) is 0 Å². The third kappa shape index (κ3) is 4.87. The smallest absolute Gasteiger partial charge is 0.275 e. The summed E-state index contributed by atoms with van der Waals surface area (Å²) in [5.74, 6) is 0.225. The number of hydrogen-bond donors (Lipinski definition) is 2. The lowest BCUT2D eigenvalue weighted by atomic mass is 10.1. The molecule has 2 fully saturated rings. The zero-order valence-corrected chi connectivity index (χ0v) is 15.2. The van der Waals surface area contributed by atoms with Crippen LogP contribution in [0.4, 0.5) is 5.69 Å². The first-order chi connectivity index (χ1) is 11.7. The number of anilines is 1. The molecule has 1 aliphatic carbocycles. The molecule has 1 heterocycles. The van der Waals surface area contributed by atoms with E-state index in [1.54, 1.807) is 0 Å². The lowest BCUT2D eigenvalue weighted by Gasteiger charge is -2.34. The molecule has 0 spiro atoms. The van der Waals surface area contributed by atoms with Crippen LogP contribution in [0.1, 0.15) is 38.5 Å². The van der Waals surface area contributed by atoms with Gasteiger partial charge < -0.3 is 15.1 Å². The van der Waals surface area contributed by atoms with Gasteiger partial charge in [-0.1, -0.05) is 49.4 Å². The summed E-state index contributed by atoms with van der Waals surface area (Å²) in [5, 5.41) is 4.08. The number of carbonyl (C=O) groups is 1. The fourth-order valence-electron chi connectivity index (χ4n) is 3.88. The minimum Gasteiger partial charge on any atom is -0.359 e. The largest absolute Gasteiger partial charge is 0.359 e. The van der Waals surface area contributed by atoms with E-state index in [-0.39, 0.29) is 5.91 Å². The van der Waals surface area contributed by atoms with Crippen molar-refractivity contribution in [2.75, 3.05) is 37.6 Å². The summed E-state index contributed by atoms with van der Waals surface area (Å²) in [6.07, 6.45) is 7.47. The van der Waals surface area contributed by atoms with Gasteiger partial charge in [-0.3, -0.25) is 4.79 Å². The molecule has 0 bridgehead atoms. The van der Waals surface area contributed by atoms with Crippen LogP contribution < -0.4 is 15.1 Å². The Hall–Kier alpha value is -1.26. The zero-order chi connectivity index (χ0) is 16.8. The lowest BCUT2D eigenvalue weighted by molar-refractivity contribution is -0.892. The molecule has 1 amide bonds. The second kappa shape index (κ2) is 8.72. The molecule has 0 unspecified atom stereocenters. The number of benzene rings is 1. The summed E-state index contributed by atoms with van der Waals surface area (Å²) in [7, 11) is 0. The number of rotatable bonds is 4. The maximum absolute atomic E-state index is 12.3. The van der Waals surface area contributed by atoms with E-state index in [0.29, 0.717) is 12.6 Å². The molecule has 132 valence electrons. The van der Waals surface area contributed by atoms with E-state index in [2.05, 4.69) is 16.3 Å². The first-order valence-corrected chi connectivity index (χ1v) is 9.72. The Bertz CT molecular complexity index is 535. The van der Waals surface area contributed by atoms with E-state index in [0.717, 1.165) is 49.7 Å². The van der Waals surface area contributed by atoms with Gasteiger partial charge in [0.05, 0.1) is 36.9 Å². The van der Waals surface area contributed by atoms with Crippen molar-refractivity contribution in [3.05, 3.63) is 29.3 Å². The molecule has 2 aliphatic rings. The van der Waals surface area contributed by atoms with E-state index >= 15 is 0 Å². The molecule has 0 aromatic heterocycles. The van der Waals surface area contributed by atoms with Crippen LogP contribution in [0.25, 0.3) is 0 Å². The van der Waals surface area contributed by atoms with Crippen LogP contribution in [0.5, 0.6) is 0 Å². The average Bonchev–Trinajstić information content (AvgIpc) is 2.85. The van der Waals surface area contributed by atoms with Crippen molar-refractivity contribution in [2.45, 2.75) is 44.6 Å². The van der Waals surface area contributed by atoms with E-state index in [1.165, 1.54) is 30.6 Å². The maximum atomic E-state index is 12.3. The summed E-state index contributed by atoms with van der Waals surface area (Å²) >= 11 is 6.29. The third-order valence-electron chi connectivity index (χ3n) is 5.29. The van der Waals surface area contributed by atoms with Gasteiger partial charge in [0.25, 0.3) is 5.91 Å². The topological polar surface area (TPSA) is 36.8 Å². The molecule has 1 aromatic rings. The number of carbonyl (C=O) groups excluding carboxylic acids is 1. The highest BCUT2D eigenvalue weighted by Crippen LogP contribution is 2.24. The Morgan fingerprint density at radius 1 is 1.12 bits per heavy atom. The SMILES string of the molecule is O=C(C[NH+]1CCN(c2ccccc2Cl)CC1)NC1CCCCCC1. The van der Waals surface area contributed by atoms with Gasteiger partial charge in [0.15, 0.2) is 6.54 Å². The Morgan fingerprint density at radius 2 is 1.79 bits per heavy atom. The highest BCUT2D eigenvalue weighted by atomic mass is 35.5. The van der Waals surface area contributed by atoms with E-state index in [1.807, 2.05) is 18.2 Å². The number of hydrogen-bond acceptors (Lipinski definition) is 2. The third-order valence-corrected chi connectivity index (χ3v) is 5.61. The van der Waals surface area contributed by atoms with E-state index < -0.39 is 0 Å². The van der Waals surface area contributed by atoms with Crippen LogP contribution in [0.2, 0.25) is 5.02 Å². The number of quaternary nitrogens is 1. The minimum atomic E-state index is 0.225. The molecule has 0 atom stereocenters. The van der Waals surface area contributed by atoms with Crippen molar-refractivity contribution in [3.63, 3.8) is 0 Å². The fourth-order valence-corrected chi connectivity index (χ4v) is 4.13. The van der Waals surface area contributed by atoms with E-state index in [4.69, 9.17) is 11.6 Å². The number of halogens is 1. The second-order valence-electron chi connectivity index (χ2n) is 7.12. The highest BCUT2D eigenvalue weighted by molar-refractivity contribution is 6.33. The molecular weight excluding hydrogens is 322 g/mol. The first kappa shape index (κ1) is 17.6. The summed E-state index contributed by atoms with van der Waals surface area (Å²) in [6, 6.07) is 8.41. The zero-order valence-electron chi connectivity index (χ0n) is 14.4. The Labute approximate surface area is 150 Å². The van der Waals surface area contributed by atoms with Crippen molar-refractivity contribution in [3.8, 4) is 0 Å². The second-order valence-corrected chi connectivity index (χ2v) is 7.53. The van der Waals surface area contributed by atoms with Crippen molar-refractivity contribution >= 4 is 23.2 Å². The van der Waals surface area contributed by atoms with Crippen LogP contribution in [-0.4, -0.2) is 44.7 Å². The van der Waals surface area contributed by atoms with Gasteiger partial charge >= 0.3 is 0 Å². The lowest BCUT2D eigenvalue weighted by Crippen LogP contribution is -3.16. The van der Waals surface area contributed by atoms with Crippen molar-refractivity contribution in [2.24, 2.45) is 0 Å². The van der Waals surface area contributed by atoms with E-state index in [9.17, 15) is 4.79 Å².